The van der Waals surface area contributed by atoms with Gasteiger partial charge in [-0.25, -0.2) is 9.78 Å². The third kappa shape index (κ3) is 13.2. The normalized spacial score (nSPS) is 22.9. The minimum atomic E-state index is -1.78. The summed E-state index contributed by atoms with van der Waals surface area (Å²) in [6.45, 7) is -2.51. The van der Waals surface area contributed by atoms with Crippen molar-refractivity contribution in [1.82, 2.24) is 41.5 Å². The fourth-order valence-corrected chi connectivity index (χ4v) is 7.09. The number of Topliss-reactive ketones (excluding diaryl/α,β-unsaturated/α-hetero) is 1. The Bertz CT molecular complexity index is 1910. The van der Waals surface area contributed by atoms with E-state index in [9.17, 15) is 69.0 Å². The highest BCUT2D eigenvalue weighted by atomic mass is 32.1. The fourth-order valence-electron chi connectivity index (χ4n) is 6.88. The molecule has 1 aromatic heterocycles. The number of rotatable bonds is 21. The highest BCUT2D eigenvalue weighted by Crippen LogP contribution is 2.27. The van der Waals surface area contributed by atoms with Crippen LogP contribution in [0.5, 0.6) is 5.75 Å². The molecule has 6 amide bonds. The molecule has 0 spiro atoms. The predicted molar refractivity (Wildman–Crippen MR) is 213 cm³/mol. The van der Waals surface area contributed by atoms with Gasteiger partial charge < -0.3 is 77.6 Å². The van der Waals surface area contributed by atoms with Gasteiger partial charge in [0.1, 0.15) is 48.4 Å². The number of aromatic hydroxyl groups is 1. The van der Waals surface area contributed by atoms with Crippen molar-refractivity contribution in [2.75, 3.05) is 32.1 Å². The molecule has 0 bridgehead atoms. The number of nitrogens with one attached hydrogen (secondary N) is 6. The van der Waals surface area contributed by atoms with Crippen molar-refractivity contribution in [2.24, 2.45) is 11.7 Å². The minimum Gasteiger partial charge on any atom is -0.508 e. The first-order valence-electron chi connectivity index (χ1n) is 19.4. The largest absolute Gasteiger partial charge is 0.508 e. The number of nitrogens with zero attached hydrogens (tertiary/aromatic N) is 2. The second-order valence-electron chi connectivity index (χ2n) is 14.6. The average molecular weight is 894 g/mol. The average Bonchev–Trinajstić information content (AvgIpc) is 3.96. The number of carboxylic acid groups (broad SMARTS) is 1. The van der Waals surface area contributed by atoms with E-state index in [0.717, 1.165) is 4.90 Å². The molecule has 2 aromatic rings. The van der Waals surface area contributed by atoms with E-state index in [1.54, 1.807) is 0 Å². The summed E-state index contributed by atoms with van der Waals surface area (Å²) < 4.78 is 5.53. The summed E-state index contributed by atoms with van der Waals surface area (Å²) in [5.74, 6) is -9.80. The molecule has 10 atom stereocenters. The molecule has 14 N–H and O–H groups in total. The first-order valence-corrected chi connectivity index (χ1v) is 20.0. The number of aliphatic carboxylic acids is 1. The molecule has 24 nitrogen and oxygen atoms in total. The zero-order valence-electron chi connectivity index (χ0n) is 33.1. The smallest absolute Gasteiger partial charge is 0.328 e. The van der Waals surface area contributed by atoms with Gasteiger partial charge in [-0.05, 0) is 30.5 Å². The molecule has 2 aliphatic rings. The summed E-state index contributed by atoms with van der Waals surface area (Å²) in [4.78, 5) is 113. The van der Waals surface area contributed by atoms with Crippen molar-refractivity contribution in [3.05, 3.63) is 48.0 Å². The molecule has 3 heterocycles. The van der Waals surface area contributed by atoms with E-state index in [1.165, 1.54) is 36.8 Å². The number of H-pyrrole nitrogens is 1. The number of thiol groups is 1. The van der Waals surface area contributed by atoms with Crippen LogP contribution in [0.25, 0.3) is 0 Å². The number of benzene rings is 1. The Morgan fingerprint density at radius 1 is 0.935 bits per heavy atom. The van der Waals surface area contributed by atoms with Crippen molar-refractivity contribution in [3.63, 3.8) is 0 Å². The fraction of sp³-hybridized carbons (Fsp3) is 0.541. The summed E-state index contributed by atoms with van der Waals surface area (Å²) in [6, 6.07) is -1.73. The summed E-state index contributed by atoms with van der Waals surface area (Å²) in [7, 11) is 0. The van der Waals surface area contributed by atoms with Gasteiger partial charge in [0.05, 0.1) is 50.6 Å². The Kier molecular flexibility index (Phi) is 18.1. The molecule has 0 radical (unpaired) electrons. The zero-order valence-corrected chi connectivity index (χ0v) is 34.0. The monoisotopic (exact) mass is 893 g/mol. The van der Waals surface area contributed by atoms with Gasteiger partial charge >= 0.3 is 5.97 Å². The molecule has 2 fully saturated rings. The number of phenols is 1. The van der Waals surface area contributed by atoms with Crippen LogP contribution in [0, 0.1) is 5.92 Å². The Balaban J connectivity index is 1.48. The molecule has 0 unspecified atom stereocenters. The molecule has 0 saturated carbocycles. The zero-order chi connectivity index (χ0) is 45.7. The van der Waals surface area contributed by atoms with Crippen LogP contribution in [-0.2, 0) is 55.9 Å². The number of aromatic amines is 1. The number of ether oxygens (including phenoxy) is 1. The first kappa shape index (κ1) is 49.0. The number of carbonyl (C=O) groups excluding carboxylic acids is 7. The molecule has 0 aliphatic carbocycles. The summed E-state index contributed by atoms with van der Waals surface area (Å²) in [5.41, 5.74) is 7.03. The molecule has 25 heteroatoms. The molecule has 62 heavy (non-hydrogen) atoms. The van der Waals surface area contributed by atoms with Gasteiger partial charge in [-0.3, -0.25) is 33.6 Å². The van der Waals surface area contributed by atoms with Crippen molar-refractivity contribution in [1.29, 1.82) is 0 Å². The Morgan fingerprint density at radius 3 is 2.24 bits per heavy atom. The van der Waals surface area contributed by atoms with E-state index in [4.69, 9.17) is 10.5 Å². The van der Waals surface area contributed by atoms with Crippen molar-refractivity contribution in [2.45, 2.75) is 86.9 Å². The van der Waals surface area contributed by atoms with Gasteiger partial charge in [-0.15, -0.1) is 0 Å². The number of ketones is 1. The van der Waals surface area contributed by atoms with Crippen LogP contribution in [0.15, 0.2) is 36.8 Å². The van der Waals surface area contributed by atoms with E-state index in [1.807, 2.05) is 0 Å². The number of carbonyl (C=O) groups is 8. The molecular formula is C37H51N9O15S. The summed E-state index contributed by atoms with van der Waals surface area (Å²) in [6.07, 6.45) is -4.43. The maximum absolute atomic E-state index is 14.2. The topological polar surface area (TPSA) is 385 Å². The lowest BCUT2D eigenvalue weighted by Gasteiger charge is -2.41. The van der Waals surface area contributed by atoms with Crippen LogP contribution in [0.3, 0.4) is 0 Å². The number of carboxylic acids is 1. The van der Waals surface area contributed by atoms with Crippen LogP contribution < -0.4 is 32.3 Å². The van der Waals surface area contributed by atoms with Crippen LogP contribution in [0.4, 0.5) is 0 Å². The Hall–Kier alpha value is -5.70. The summed E-state index contributed by atoms with van der Waals surface area (Å²) in [5, 5.41) is 70.7. The van der Waals surface area contributed by atoms with Crippen molar-refractivity contribution in [3.8, 4) is 5.75 Å². The number of aromatic nitrogens is 2. The van der Waals surface area contributed by atoms with Crippen molar-refractivity contribution >= 4 is 59.8 Å². The van der Waals surface area contributed by atoms with E-state index >= 15 is 0 Å². The quantitative estimate of drug-likeness (QED) is 0.0519. The van der Waals surface area contributed by atoms with E-state index in [0.29, 0.717) is 11.3 Å². The number of phenolic OH excluding ortho intramolecular Hbond substituents is 1. The van der Waals surface area contributed by atoms with Crippen molar-refractivity contribution < 1.29 is 73.7 Å². The van der Waals surface area contributed by atoms with E-state index < -0.39 is 140 Å². The van der Waals surface area contributed by atoms with Gasteiger partial charge in [0, 0.05) is 37.0 Å². The lowest BCUT2D eigenvalue weighted by atomic mass is 9.87. The number of aliphatic hydroxyl groups excluding tert-OH is 4. The maximum atomic E-state index is 14.2. The highest BCUT2D eigenvalue weighted by Gasteiger charge is 2.48. The van der Waals surface area contributed by atoms with Gasteiger partial charge in [-0.1, -0.05) is 12.1 Å². The van der Waals surface area contributed by atoms with Crippen LogP contribution in [-0.4, -0.2) is 180 Å². The molecule has 2 aliphatic heterocycles. The summed E-state index contributed by atoms with van der Waals surface area (Å²) >= 11 is 3.93. The Labute approximate surface area is 358 Å². The maximum Gasteiger partial charge on any atom is 0.328 e. The van der Waals surface area contributed by atoms with Crippen LogP contribution in [0.1, 0.15) is 30.5 Å². The second-order valence-corrected chi connectivity index (χ2v) is 14.9. The standard InChI is InChI=1S/C37H51N9O15S/c38-20(9-18-11-39-16-41-18)32(55)43-22(10-27(51)45-35-29(25(50)15-62)31(54)30(53)26(14-48)61-35)36(58)46-7-1-2-24(46)34(57)40-12-28(52)42-21(8-17-3-5-19(49)6-4-17)33(56)44-23(13-47)37(59)60/h3-6,11,16,20-24,26,29-31,35,47-49,53-54,62H,1-2,7-10,12-15,38H2,(H,39,41)(H,40,57)(H,42,52)(H,43,55)(H,44,56)(H,45,51)(H,59,60)/t20-,21-,22-,23-,24-,26+,29+,30+,31+,35+/m0/s1. The van der Waals surface area contributed by atoms with Gasteiger partial charge in [0.15, 0.2) is 5.78 Å². The minimum absolute atomic E-state index is 0.0334. The first-order chi connectivity index (χ1) is 29.5. The SMILES string of the molecule is N[C@@H](Cc1cnc[nH]1)C(=O)N[C@@H](CC(=O)N[C@@H]1O[C@H](CO)[C@@H](O)[C@H](O)[C@H]1C(=O)CS)C(=O)N1CCC[C@H]1C(=O)NCC(=O)N[C@@H](Cc1ccc(O)cc1)C(=O)N[C@@H](CO)C(=O)O. The second kappa shape index (κ2) is 22.9. The van der Waals surface area contributed by atoms with E-state index in [2.05, 4.69) is 49.2 Å². The number of hydrogen-bond donors (Lipinski definition) is 14. The molecule has 1 aromatic carbocycles. The number of amides is 6. The number of hydrogen-bond acceptors (Lipinski definition) is 17. The molecule has 340 valence electrons. The predicted octanol–water partition coefficient (Wildman–Crippen LogP) is -6.07. The third-order valence-corrected chi connectivity index (χ3v) is 10.5. The third-order valence-electron chi connectivity index (χ3n) is 10.2. The molecular weight excluding hydrogens is 843 g/mol. The highest BCUT2D eigenvalue weighted by molar-refractivity contribution is 7.81. The lowest BCUT2D eigenvalue weighted by Crippen LogP contribution is -2.63. The molecule has 2 saturated heterocycles. The van der Waals surface area contributed by atoms with Crippen LogP contribution >= 0.6 is 12.6 Å². The number of aliphatic hydroxyl groups is 4. The van der Waals surface area contributed by atoms with Gasteiger partial charge in [0.2, 0.25) is 35.4 Å². The number of nitrogens with two attached hydrogens (primary N) is 1. The van der Waals surface area contributed by atoms with Gasteiger partial charge in [0.25, 0.3) is 0 Å². The van der Waals surface area contributed by atoms with Gasteiger partial charge in [-0.2, -0.15) is 12.6 Å². The molecule has 4 rings (SSSR count). The van der Waals surface area contributed by atoms with E-state index in [-0.39, 0.29) is 38.0 Å². The van der Waals surface area contributed by atoms with Crippen LogP contribution in [0.2, 0.25) is 0 Å². The number of imidazole rings is 1. The lowest BCUT2D eigenvalue weighted by molar-refractivity contribution is -0.214. The number of likely N-dealkylation sites (tertiary alicyclic amines) is 1. The Morgan fingerprint density at radius 2 is 1.63 bits per heavy atom.